The number of rotatable bonds is 2. The van der Waals surface area contributed by atoms with Gasteiger partial charge in [-0.15, -0.1) is 0 Å². The first-order valence-corrected chi connectivity index (χ1v) is 6.61. The zero-order chi connectivity index (χ0) is 12.5. The average Bonchev–Trinajstić information content (AvgIpc) is 2.70. The maximum absolute atomic E-state index is 4.67. The van der Waals surface area contributed by atoms with E-state index in [1.54, 1.807) is 0 Å². The monoisotopic (exact) mass is 244 g/mol. The summed E-state index contributed by atoms with van der Waals surface area (Å²) in [5.41, 5.74) is 3.47. The molecule has 1 N–H and O–H groups in total. The molecule has 0 amide bonds. The predicted molar refractivity (Wildman–Crippen MR) is 72.7 cm³/mol. The predicted octanol–water partition coefficient (Wildman–Crippen LogP) is 1.44. The fourth-order valence-electron chi connectivity index (χ4n) is 2.62. The van der Waals surface area contributed by atoms with Gasteiger partial charge in [-0.2, -0.15) is 0 Å². The summed E-state index contributed by atoms with van der Waals surface area (Å²) in [7, 11) is 0. The van der Waals surface area contributed by atoms with Crippen molar-refractivity contribution in [1.29, 1.82) is 0 Å². The quantitative estimate of drug-likeness (QED) is 0.867. The Balaban J connectivity index is 1.78. The van der Waals surface area contributed by atoms with Crippen molar-refractivity contribution < 1.29 is 0 Å². The summed E-state index contributed by atoms with van der Waals surface area (Å²) >= 11 is 0. The van der Waals surface area contributed by atoms with E-state index in [4.69, 9.17) is 0 Å². The highest BCUT2D eigenvalue weighted by Gasteiger charge is 2.16. The van der Waals surface area contributed by atoms with Gasteiger partial charge in [0.1, 0.15) is 5.65 Å². The molecule has 1 aliphatic heterocycles. The summed E-state index contributed by atoms with van der Waals surface area (Å²) in [6.45, 7) is 8.58. The first kappa shape index (κ1) is 11.7. The molecule has 1 atom stereocenters. The number of hydrogen-bond acceptors (Lipinski definition) is 3. The van der Waals surface area contributed by atoms with Gasteiger partial charge in [0.25, 0.3) is 0 Å². The summed E-state index contributed by atoms with van der Waals surface area (Å²) in [6, 6.07) is 4.77. The van der Waals surface area contributed by atoms with Crippen molar-refractivity contribution in [3.8, 4) is 0 Å². The molecular weight excluding hydrogens is 224 g/mol. The van der Waals surface area contributed by atoms with E-state index in [1.165, 1.54) is 5.56 Å². The Kier molecular flexibility index (Phi) is 3.06. The van der Waals surface area contributed by atoms with Crippen molar-refractivity contribution in [2.24, 2.45) is 0 Å². The van der Waals surface area contributed by atoms with Gasteiger partial charge in [-0.25, -0.2) is 4.98 Å². The number of aromatic nitrogens is 2. The van der Waals surface area contributed by atoms with E-state index in [0.29, 0.717) is 6.04 Å². The highest BCUT2D eigenvalue weighted by molar-refractivity contribution is 5.41. The molecule has 0 spiro atoms. The Labute approximate surface area is 108 Å². The second-order valence-corrected chi connectivity index (χ2v) is 5.29. The maximum Gasteiger partial charge on any atom is 0.137 e. The molecule has 4 nitrogen and oxygen atoms in total. The first-order chi connectivity index (χ1) is 8.70. The third kappa shape index (κ3) is 2.40. The van der Waals surface area contributed by atoms with Crippen LogP contribution < -0.4 is 5.32 Å². The lowest BCUT2D eigenvalue weighted by Gasteiger charge is -2.31. The van der Waals surface area contributed by atoms with Crippen molar-refractivity contribution in [2.75, 3.05) is 19.6 Å². The summed E-state index contributed by atoms with van der Waals surface area (Å²) in [5, 5.41) is 3.46. The number of aryl methyl sites for hydroxylation is 1. The molecule has 0 aromatic carbocycles. The highest BCUT2D eigenvalue weighted by Crippen LogP contribution is 2.10. The molecule has 0 radical (unpaired) electrons. The molecule has 2 aromatic heterocycles. The molecule has 4 heteroatoms. The Morgan fingerprint density at radius 3 is 3.11 bits per heavy atom. The van der Waals surface area contributed by atoms with Gasteiger partial charge in [0.2, 0.25) is 0 Å². The third-order valence-electron chi connectivity index (χ3n) is 3.49. The zero-order valence-corrected chi connectivity index (χ0v) is 11.1. The molecule has 18 heavy (non-hydrogen) atoms. The van der Waals surface area contributed by atoms with E-state index in [2.05, 4.69) is 58.0 Å². The second-order valence-electron chi connectivity index (χ2n) is 5.29. The van der Waals surface area contributed by atoms with Crippen molar-refractivity contribution in [2.45, 2.75) is 26.4 Å². The average molecular weight is 244 g/mol. The van der Waals surface area contributed by atoms with Gasteiger partial charge in [0, 0.05) is 44.6 Å². The van der Waals surface area contributed by atoms with Crippen molar-refractivity contribution in [3.05, 3.63) is 35.8 Å². The van der Waals surface area contributed by atoms with Crippen LogP contribution in [0.1, 0.15) is 18.2 Å². The lowest BCUT2D eigenvalue weighted by Crippen LogP contribution is -2.48. The topological polar surface area (TPSA) is 32.6 Å². The van der Waals surface area contributed by atoms with Crippen LogP contribution in [0.25, 0.3) is 5.65 Å². The zero-order valence-electron chi connectivity index (χ0n) is 11.1. The second kappa shape index (κ2) is 4.71. The number of piperazine rings is 1. The molecule has 1 saturated heterocycles. The molecule has 3 heterocycles. The Bertz CT molecular complexity index is 546. The standard InChI is InChI=1S/C14H20N4/c1-11-3-4-14-16-13(10-18(14)7-11)9-17-6-5-15-12(2)8-17/h3-4,7,10,12,15H,5-6,8-9H2,1-2H3/t12-/m0/s1. The molecule has 3 rings (SSSR count). The molecule has 2 aromatic rings. The number of nitrogens with one attached hydrogen (secondary N) is 1. The van der Waals surface area contributed by atoms with Crippen LogP contribution in [0.2, 0.25) is 0 Å². The summed E-state index contributed by atoms with van der Waals surface area (Å²) in [6.07, 6.45) is 4.28. The Morgan fingerprint density at radius 2 is 2.28 bits per heavy atom. The lowest BCUT2D eigenvalue weighted by molar-refractivity contribution is 0.198. The van der Waals surface area contributed by atoms with Crippen LogP contribution in [0.5, 0.6) is 0 Å². The van der Waals surface area contributed by atoms with Gasteiger partial charge < -0.3 is 9.72 Å². The molecule has 0 unspecified atom stereocenters. The number of fused-ring (bicyclic) bond motifs is 1. The smallest absolute Gasteiger partial charge is 0.137 e. The fourth-order valence-corrected chi connectivity index (χ4v) is 2.62. The Hall–Kier alpha value is -1.39. The third-order valence-corrected chi connectivity index (χ3v) is 3.49. The van der Waals surface area contributed by atoms with Crippen molar-refractivity contribution in [3.63, 3.8) is 0 Å². The number of nitrogens with zero attached hydrogens (tertiary/aromatic N) is 3. The van der Waals surface area contributed by atoms with Gasteiger partial charge in [-0.1, -0.05) is 6.07 Å². The molecule has 0 saturated carbocycles. The van der Waals surface area contributed by atoms with Crippen molar-refractivity contribution >= 4 is 5.65 Å². The normalized spacial score (nSPS) is 21.6. The van der Waals surface area contributed by atoms with Crippen LogP contribution in [0.3, 0.4) is 0 Å². The lowest BCUT2D eigenvalue weighted by atomic mass is 10.2. The van der Waals surface area contributed by atoms with Gasteiger partial charge in [-0.05, 0) is 25.5 Å². The molecule has 1 fully saturated rings. The van der Waals surface area contributed by atoms with Gasteiger partial charge in [0.05, 0.1) is 5.69 Å². The van der Waals surface area contributed by atoms with E-state index in [0.717, 1.165) is 37.5 Å². The molecule has 1 aliphatic rings. The van der Waals surface area contributed by atoms with Gasteiger partial charge >= 0.3 is 0 Å². The van der Waals surface area contributed by atoms with Crippen LogP contribution >= 0.6 is 0 Å². The molecular formula is C14H20N4. The van der Waals surface area contributed by atoms with Crippen LogP contribution in [-0.2, 0) is 6.54 Å². The number of pyridine rings is 1. The van der Waals surface area contributed by atoms with E-state index < -0.39 is 0 Å². The summed E-state index contributed by atoms with van der Waals surface area (Å²) in [4.78, 5) is 7.14. The largest absolute Gasteiger partial charge is 0.312 e. The maximum atomic E-state index is 4.67. The first-order valence-electron chi connectivity index (χ1n) is 6.61. The summed E-state index contributed by atoms with van der Waals surface area (Å²) < 4.78 is 2.12. The van der Waals surface area contributed by atoms with E-state index in [1.807, 2.05) is 0 Å². The number of imidazole rings is 1. The SMILES string of the molecule is Cc1ccc2nc(CN3CCN[C@@H](C)C3)cn2c1. The van der Waals surface area contributed by atoms with E-state index >= 15 is 0 Å². The van der Waals surface area contributed by atoms with Crippen molar-refractivity contribution in [1.82, 2.24) is 19.6 Å². The molecule has 0 aliphatic carbocycles. The van der Waals surface area contributed by atoms with Gasteiger partial charge in [-0.3, -0.25) is 4.90 Å². The van der Waals surface area contributed by atoms with E-state index in [-0.39, 0.29) is 0 Å². The van der Waals surface area contributed by atoms with E-state index in [9.17, 15) is 0 Å². The highest BCUT2D eigenvalue weighted by atomic mass is 15.2. The molecule has 96 valence electrons. The molecule has 0 bridgehead atoms. The van der Waals surface area contributed by atoms with Crippen LogP contribution in [0.4, 0.5) is 0 Å². The Morgan fingerprint density at radius 1 is 1.39 bits per heavy atom. The van der Waals surface area contributed by atoms with Crippen LogP contribution in [0, 0.1) is 6.92 Å². The number of hydrogen-bond donors (Lipinski definition) is 1. The minimum absolute atomic E-state index is 0.582. The fraction of sp³-hybridized carbons (Fsp3) is 0.500. The minimum atomic E-state index is 0.582. The van der Waals surface area contributed by atoms with Gasteiger partial charge in [0.15, 0.2) is 0 Å². The van der Waals surface area contributed by atoms with Crippen LogP contribution in [0.15, 0.2) is 24.5 Å². The summed E-state index contributed by atoms with van der Waals surface area (Å²) in [5.74, 6) is 0. The van der Waals surface area contributed by atoms with Crippen LogP contribution in [-0.4, -0.2) is 40.0 Å². The minimum Gasteiger partial charge on any atom is -0.312 e.